The lowest BCUT2D eigenvalue weighted by atomic mass is 10.1. The fourth-order valence-electron chi connectivity index (χ4n) is 3.57. The van der Waals surface area contributed by atoms with Crippen LogP contribution in [0.4, 0.5) is 18.9 Å². The second-order valence-electron chi connectivity index (χ2n) is 7.70. The Balaban J connectivity index is 1.66. The van der Waals surface area contributed by atoms with Gasteiger partial charge in [0.2, 0.25) is 5.91 Å². The van der Waals surface area contributed by atoms with Crippen LogP contribution in [0.3, 0.4) is 0 Å². The van der Waals surface area contributed by atoms with Gasteiger partial charge in [-0.1, -0.05) is 48.2 Å². The molecule has 1 amide bonds. The first-order chi connectivity index (χ1) is 16.6. The van der Waals surface area contributed by atoms with E-state index < -0.39 is 16.7 Å². The topological polar surface area (TPSA) is 90.1 Å². The normalized spacial score (nSPS) is 12.5. The number of benzene rings is 3. The average molecular weight is 501 g/mol. The molecule has 0 aliphatic heterocycles. The van der Waals surface area contributed by atoms with Gasteiger partial charge in [-0.2, -0.15) is 13.2 Å². The summed E-state index contributed by atoms with van der Waals surface area (Å²) in [5, 5.41) is 14.3. The van der Waals surface area contributed by atoms with Gasteiger partial charge in [0.15, 0.2) is 5.16 Å². The SMILES string of the molecule is CC(NC(=O)CSc1nc2cc([N+](=O)[O-])ccc2n1-c1cccc(C(F)(F)F)c1)c1ccccc1. The number of rotatable bonds is 7. The number of hydrogen-bond acceptors (Lipinski definition) is 5. The fourth-order valence-corrected chi connectivity index (χ4v) is 4.41. The van der Waals surface area contributed by atoms with Crippen molar-refractivity contribution in [3.63, 3.8) is 0 Å². The van der Waals surface area contributed by atoms with Crippen molar-refractivity contribution in [2.75, 3.05) is 5.75 Å². The molecule has 0 aliphatic rings. The Hall–Kier alpha value is -3.86. The number of nitro groups is 1. The number of imidazole rings is 1. The standard InChI is InChI=1S/C24H19F3N4O3S/c1-15(16-6-3-2-4-7-16)28-22(32)14-35-23-29-20-13-19(31(33)34)10-11-21(20)30(23)18-9-5-8-17(12-18)24(25,26)27/h2-13,15H,14H2,1H3,(H,28,32). The molecular formula is C24H19F3N4O3S. The van der Waals surface area contributed by atoms with E-state index in [9.17, 15) is 28.1 Å². The zero-order chi connectivity index (χ0) is 25.2. The summed E-state index contributed by atoms with van der Waals surface area (Å²) in [5.74, 6) is -0.346. The lowest BCUT2D eigenvalue weighted by Crippen LogP contribution is -2.28. The Morgan fingerprint density at radius 3 is 2.54 bits per heavy atom. The predicted molar refractivity (Wildman–Crippen MR) is 126 cm³/mol. The van der Waals surface area contributed by atoms with Gasteiger partial charge < -0.3 is 5.32 Å². The average Bonchev–Trinajstić information content (AvgIpc) is 3.20. The van der Waals surface area contributed by atoms with Gasteiger partial charge in [0.05, 0.1) is 33.3 Å². The maximum atomic E-state index is 13.3. The van der Waals surface area contributed by atoms with E-state index >= 15 is 0 Å². The Bertz CT molecular complexity index is 1390. The molecule has 1 heterocycles. The third-order valence-electron chi connectivity index (χ3n) is 5.26. The Morgan fingerprint density at radius 2 is 1.86 bits per heavy atom. The van der Waals surface area contributed by atoms with Crippen molar-refractivity contribution in [3.8, 4) is 5.69 Å². The van der Waals surface area contributed by atoms with Gasteiger partial charge in [0.1, 0.15) is 0 Å². The van der Waals surface area contributed by atoms with Crippen LogP contribution in [0.15, 0.2) is 78.0 Å². The molecule has 11 heteroatoms. The summed E-state index contributed by atoms with van der Waals surface area (Å²) >= 11 is 1.03. The number of amides is 1. The number of alkyl halides is 3. The third-order valence-corrected chi connectivity index (χ3v) is 6.20. The number of aromatic nitrogens is 2. The van der Waals surface area contributed by atoms with E-state index in [0.717, 1.165) is 29.5 Å². The highest BCUT2D eigenvalue weighted by molar-refractivity contribution is 7.99. The number of non-ortho nitro benzene ring substituents is 1. The van der Waals surface area contributed by atoms with Crippen molar-refractivity contribution < 1.29 is 22.9 Å². The Morgan fingerprint density at radius 1 is 1.11 bits per heavy atom. The van der Waals surface area contributed by atoms with Crippen molar-refractivity contribution in [2.24, 2.45) is 0 Å². The Labute approximate surface area is 202 Å². The second-order valence-corrected chi connectivity index (χ2v) is 8.64. The molecule has 3 aromatic carbocycles. The zero-order valence-electron chi connectivity index (χ0n) is 18.3. The number of nitrogens with zero attached hydrogens (tertiary/aromatic N) is 3. The molecule has 1 unspecified atom stereocenters. The van der Waals surface area contributed by atoms with Crippen LogP contribution in [-0.4, -0.2) is 26.1 Å². The molecule has 0 saturated carbocycles. The minimum Gasteiger partial charge on any atom is -0.349 e. The van der Waals surface area contributed by atoms with E-state index in [1.807, 2.05) is 37.3 Å². The smallest absolute Gasteiger partial charge is 0.349 e. The number of nitro benzene ring substituents is 1. The van der Waals surface area contributed by atoms with Crippen LogP contribution < -0.4 is 5.32 Å². The van der Waals surface area contributed by atoms with Gasteiger partial charge in [0, 0.05) is 17.8 Å². The molecule has 180 valence electrons. The summed E-state index contributed by atoms with van der Waals surface area (Å²) in [7, 11) is 0. The van der Waals surface area contributed by atoms with Gasteiger partial charge in [-0.3, -0.25) is 19.5 Å². The number of carbonyl (C=O) groups is 1. The van der Waals surface area contributed by atoms with Gasteiger partial charge in [-0.25, -0.2) is 4.98 Å². The molecular weight excluding hydrogens is 481 g/mol. The van der Waals surface area contributed by atoms with Crippen LogP contribution in [-0.2, 0) is 11.0 Å². The highest BCUT2D eigenvalue weighted by atomic mass is 32.2. The van der Waals surface area contributed by atoms with E-state index in [1.54, 1.807) is 0 Å². The maximum Gasteiger partial charge on any atom is 0.416 e. The summed E-state index contributed by atoms with van der Waals surface area (Å²) in [6.45, 7) is 1.84. The molecule has 0 spiro atoms. The van der Waals surface area contributed by atoms with E-state index in [-0.39, 0.29) is 39.7 Å². The summed E-state index contributed by atoms with van der Waals surface area (Å²) in [4.78, 5) is 27.6. The zero-order valence-corrected chi connectivity index (χ0v) is 19.1. The molecule has 0 bridgehead atoms. The number of halogens is 3. The van der Waals surface area contributed by atoms with Gasteiger partial charge in [-0.05, 0) is 36.8 Å². The highest BCUT2D eigenvalue weighted by Crippen LogP contribution is 2.34. The van der Waals surface area contributed by atoms with Crippen LogP contribution in [0, 0.1) is 10.1 Å². The largest absolute Gasteiger partial charge is 0.416 e. The van der Waals surface area contributed by atoms with Crippen LogP contribution in [0.2, 0.25) is 0 Å². The molecule has 0 saturated heterocycles. The van der Waals surface area contributed by atoms with Crippen LogP contribution in [0.1, 0.15) is 24.1 Å². The lowest BCUT2D eigenvalue weighted by molar-refractivity contribution is -0.384. The fraction of sp³-hybridized carbons (Fsp3) is 0.167. The maximum absolute atomic E-state index is 13.3. The summed E-state index contributed by atoms with van der Waals surface area (Å²) < 4.78 is 41.4. The Kier molecular flexibility index (Phi) is 6.79. The van der Waals surface area contributed by atoms with Crippen LogP contribution in [0.5, 0.6) is 0 Å². The third kappa shape index (κ3) is 5.46. The van der Waals surface area contributed by atoms with Crippen molar-refractivity contribution in [1.82, 2.24) is 14.9 Å². The molecule has 0 fully saturated rings. The van der Waals surface area contributed by atoms with Crippen LogP contribution in [0.25, 0.3) is 16.7 Å². The molecule has 1 N–H and O–H groups in total. The van der Waals surface area contributed by atoms with E-state index in [4.69, 9.17) is 0 Å². The number of fused-ring (bicyclic) bond motifs is 1. The summed E-state index contributed by atoms with van der Waals surface area (Å²) in [5.41, 5.74) is 0.681. The first-order valence-electron chi connectivity index (χ1n) is 10.4. The van der Waals surface area contributed by atoms with Gasteiger partial charge in [0.25, 0.3) is 5.69 Å². The highest BCUT2D eigenvalue weighted by Gasteiger charge is 2.31. The first kappa shape index (κ1) is 24.3. The van der Waals surface area contributed by atoms with Crippen molar-refractivity contribution in [2.45, 2.75) is 24.3 Å². The molecule has 4 aromatic rings. The van der Waals surface area contributed by atoms with Gasteiger partial charge >= 0.3 is 6.18 Å². The molecule has 35 heavy (non-hydrogen) atoms. The van der Waals surface area contributed by atoms with Crippen molar-refractivity contribution >= 4 is 34.4 Å². The minimum atomic E-state index is -4.55. The minimum absolute atomic E-state index is 0.0540. The molecule has 4 rings (SSSR count). The summed E-state index contributed by atoms with van der Waals surface area (Å²) in [6, 6.07) is 17.8. The van der Waals surface area contributed by atoms with Crippen molar-refractivity contribution in [3.05, 3.63) is 94.0 Å². The quantitative estimate of drug-likeness (QED) is 0.193. The van der Waals surface area contributed by atoms with Crippen molar-refractivity contribution in [1.29, 1.82) is 0 Å². The molecule has 1 aromatic heterocycles. The molecule has 0 radical (unpaired) electrons. The monoisotopic (exact) mass is 500 g/mol. The number of thioether (sulfide) groups is 1. The first-order valence-corrected chi connectivity index (χ1v) is 11.4. The predicted octanol–water partition coefficient (Wildman–Crippen LogP) is 5.92. The van der Waals surface area contributed by atoms with E-state index in [2.05, 4.69) is 10.3 Å². The van der Waals surface area contributed by atoms with E-state index in [0.29, 0.717) is 5.52 Å². The number of carbonyl (C=O) groups excluding carboxylic acids is 1. The number of nitrogens with one attached hydrogen (secondary N) is 1. The van der Waals surface area contributed by atoms with E-state index in [1.165, 1.54) is 34.9 Å². The number of hydrogen-bond donors (Lipinski definition) is 1. The molecule has 0 aliphatic carbocycles. The second kappa shape index (κ2) is 9.79. The van der Waals surface area contributed by atoms with Crippen LogP contribution >= 0.6 is 11.8 Å². The lowest BCUT2D eigenvalue weighted by Gasteiger charge is -2.15. The summed E-state index contributed by atoms with van der Waals surface area (Å²) in [6.07, 6.45) is -4.55. The molecule has 1 atom stereocenters. The van der Waals surface area contributed by atoms with Gasteiger partial charge in [-0.15, -0.1) is 0 Å². The molecule has 7 nitrogen and oxygen atoms in total.